The summed E-state index contributed by atoms with van der Waals surface area (Å²) < 4.78 is 10.8. The molecule has 4 rings (SSSR count). The number of carbonyl (C=O) groups is 1. The predicted octanol–water partition coefficient (Wildman–Crippen LogP) is 3.92. The first-order chi connectivity index (χ1) is 14.2. The number of methoxy groups -OCH3 is 2. The molecule has 2 aliphatic heterocycles. The van der Waals surface area contributed by atoms with Crippen LogP contribution in [-0.4, -0.2) is 37.6 Å². The maximum atomic E-state index is 13.1. The number of thioether (sulfide) groups is 1. The lowest BCUT2D eigenvalue weighted by Gasteiger charge is -2.42. The van der Waals surface area contributed by atoms with Crippen molar-refractivity contribution in [1.82, 2.24) is 4.90 Å². The fraction of sp³-hybridized carbons (Fsp3) is 0.273. The van der Waals surface area contributed by atoms with E-state index < -0.39 is 0 Å². The predicted molar refractivity (Wildman–Crippen MR) is 113 cm³/mol. The summed E-state index contributed by atoms with van der Waals surface area (Å²) in [6.45, 7) is 0.447. The lowest BCUT2D eigenvalue weighted by molar-refractivity contribution is -0.129. The molecule has 2 aromatic rings. The Labute approximate surface area is 174 Å². The first-order valence-electron chi connectivity index (χ1n) is 9.25. The Balaban J connectivity index is 1.70. The first-order valence-corrected chi connectivity index (χ1v) is 10.2. The molecule has 0 spiro atoms. The zero-order chi connectivity index (χ0) is 20.4. The zero-order valence-corrected chi connectivity index (χ0v) is 17.1. The van der Waals surface area contributed by atoms with Crippen LogP contribution in [0.3, 0.4) is 0 Å². The van der Waals surface area contributed by atoms with Crippen molar-refractivity contribution in [1.29, 1.82) is 5.26 Å². The third kappa shape index (κ3) is 3.52. The third-order valence-corrected chi connectivity index (χ3v) is 6.39. The van der Waals surface area contributed by atoms with Gasteiger partial charge in [-0.1, -0.05) is 36.0 Å². The van der Waals surface area contributed by atoms with Gasteiger partial charge in [-0.15, -0.1) is 0 Å². The van der Waals surface area contributed by atoms with Crippen LogP contribution in [0.2, 0.25) is 0 Å². The van der Waals surface area contributed by atoms with Gasteiger partial charge in [0.1, 0.15) is 11.5 Å². The molecule has 148 valence electrons. The normalized spacial score (nSPS) is 18.9. The third-order valence-electron chi connectivity index (χ3n) is 5.23. The average Bonchev–Trinajstić information content (AvgIpc) is 2.79. The van der Waals surface area contributed by atoms with Gasteiger partial charge in [0.25, 0.3) is 0 Å². The number of para-hydroxylation sites is 1. The van der Waals surface area contributed by atoms with Crippen LogP contribution in [-0.2, 0) is 4.79 Å². The summed E-state index contributed by atoms with van der Waals surface area (Å²) in [5.74, 6) is 1.66. The van der Waals surface area contributed by atoms with Gasteiger partial charge in [0, 0.05) is 29.7 Å². The Bertz CT molecular complexity index is 1000. The largest absolute Gasteiger partial charge is 0.497 e. The minimum Gasteiger partial charge on any atom is -0.497 e. The van der Waals surface area contributed by atoms with Crippen molar-refractivity contribution < 1.29 is 14.3 Å². The molecule has 0 N–H and O–H groups in total. The Morgan fingerprint density at radius 3 is 2.62 bits per heavy atom. The number of anilines is 1. The number of nitrogens with zero attached hydrogens (tertiary/aromatic N) is 3. The Morgan fingerprint density at radius 2 is 1.93 bits per heavy atom. The van der Waals surface area contributed by atoms with E-state index in [0.717, 1.165) is 16.3 Å². The summed E-state index contributed by atoms with van der Waals surface area (Å²) in [5, 5.41) is 10.7. The topological polar surface area (TPSA) is 65.8 Å². The molecule has 29 heavy (non-hydrogen) atoms. The molecule has 2 aliphatic rings. The molecule has 0 radical (unpaired) electrons. The van der Waals surface area contributed by atoms with Gasteiger partial charge in [-0.05, 0) is 18.2 Å². The standard InChI is InChI=1S/C22H21N3O3S/c1-27-16-8-9-17(20(10-16)28-2)18-11-21(26)25-13-24(15-6-4-3-5-7-15)14-29-22(25)19(18)12-23/h3-10,18H,11,13-14H2,1-2H3. The van der Waals surface area contributed by atoms with Crippen molar-refractivity contribution in [3.05, 3.63) is 64.7 Å². The molecule has 0 saturated carbocycles. The van der Waals surface area contributed by atoms with Crippen LogP contribution >= 0.6 is 11.8 Å². The van der Waals surface area contributed by atoms with E-state index in [1.54, 1.807) is 25.2 Å². The van der Waals surface area contributed by atoms with Crippen LogP contribution in [0.1, 0.15) is 17.9 Å². The SMILES string of the molecule is COc1ccc(C2CC(=O)N3CN(c4ccccc4)CSC3=C2C#N)c(OC)c1. The fourth-order valence-corrected chi connectivity index (χ4v) is 4.90. The molecule has 6 nitrogen and oxygen atoms in total. The average molecular weight is 407 g/mol. The van der Waals surface area contributed by atoms with Gasteiger partial charge in [0.05, 0.1) is 43.4 Å². The summed E-state index contributed by atoms with van der Waals surface area (Å²) in [6, 6.07) is 17.9. The number of amides is 1. The highest BCUT2D eigenvalue weighted by Gasteiger charge is 2.39. The summed E-state index contributed by atoms with van der Waals surface area (Å²) in [5.41, 5.74) is 2.51. The molecule has 7 heteroatoms. The van der Waals surface area contributed by atoms with Crippen LogP contribution in [0.15, 0.2) is 59.1 Å². The molecule has 1 unspecified atom stereocenters. The maximum Gasteiger partial charge on any atom is 0.229 e. The second kappa shape index (κ2) is 8.10. The summed E-state index contributed by atoms with van der Waals surface area (Å²) in [6.07, 6.45) is 0.234. The van der Waals surface area contributed by atoms with E-state index >= 15 is 0 Å². The Morgan fingerprint density at radius 1 is 1.14 bits per heavy atom. The first kappa shape index (κ1) is 19.2. The van der Waals surface area contributed by atoms with Crippen LogP contribution < -0.4 is 14.4 Å². The lowest BCUT2D eigenvalue weighted by Crippen LogP contribution is -2.47. The van der Waals surface area contributed by atoms with E-state index in [0.29, 0.717) is 29.6 Å². The van der Waals surface area contributed by atoms with E-state index in [4.69, 9.17) is 9.47 Å². The quantitative estimate of drug-likeness (QED) is 0.765. The number of hydrogen-bond acceptors (Lipinski definition) is 6. The monoisotopic (exact) mass is 407 g/mol. The summed E-state index contributed by atoms with van der Waals surface area (Å²) in [7, 11) is 3.18. The van der Waals surface area contributed by atoms with E-state index in [9.17, 15) is 10.1 Å². The van der Waals surface area contributed by atoms with Gasteiger partial charge >= 0.3 is 0 Å². The minimum atomic E-state index is -0.324. The number of allylic oxidation sites excluding steroid dienone is 1. The number of benzene rings is 2. The molecule has 1 atom stereocenters. The van der Waals surface area contributed by atoms with E-state index in [2.05, 4.69) is 11.0 Å². The van der Waals surface area contributed by atoms with Crippen LogP contribution in [0.5, 0.6) is 11.5 Å². The molecule has 2 aromatic carbocycles. The fourth-order valence-electron chi connectivity index (χ4n) is 3.74. The van der Waals surface area contributed by atoms with Crippen molar-refractivity contribution in [3.8, 4) is 17.6 Å². The number of carbonyl (C=O) groups excluding carboxylic acids is 1. The molecule has 1 fully saturated rings. The molecule has 2 heterocycles. The van der Waals surface area contributed by atoms with Crippen molar-refractivity contribution in [2.45, 2.75) is 12.3 Å². The van der Waals surface area contributed by atoms with Gasteiger partial charge < -0.3 is 14.4 Å². The van der Waals surface area contributed by atoms with Crippen LogP contribution in [0.4, 0.5) is 5.69 Å². The van der Waals surface area contributed by atoms with Crippen LogP contribution in [0, 0.1) is 11.3 Å². The molecule has 0 aromatic heterocycles. The van der Waals surface area contributed by atoms with E-state index in [1.807, 2.05) is 42.5 Å². The number of rotatable bonds is 4. The van der Waals surface area contributed by atoms with Gasteiger partial charge in [-0.2, -0.15) is 5.26 Å². The molecule has 1 saturated heterocycles. The maximum absolute atomic E-state index is 13.1. The second-order valence-corrected chi connectivity index (χ2v) is 7.74. The Hall–Kier alpha value is -3.11. The number of hydrogen-bond donors (Lipinski definition) is 0. The smallest absolute Gasteiger partial charge is 0.229 e. The summed E-state index contributed by atoms with van der Waals surface area (Å²) >= 11 is 1.53. The number of nitriles is 1. The molecular weight excluding hydrogens is 386 g/mol. The van der Waals surface area contributed by atoms with Gasteiger partial charge in [0.2, 0.25) is 5.91 Å². The Kier molecular flexibility index (Phi) is 5.36. The highest BCUT2D eigenvalue weighted by Crippen LogP contribution is 2.45. The van der Waals surface area contributed by atoms with Crippen molar-refractivity contribution in [2.24, 2.45) is 0 Å². The van der Waals surface area contributed by atoms with E-state index in [-0.39, 0.29) is 18.2 Å². The molecule has 0 bridgehead atoms. The zero-order valence-electron chi connectivity index (χ0n) is 16.3. The van der Waals surface area contributed by atoms with E-state index in [1.165, 1.54) is 11.8 Å². The van der Waals surface area contributed by atoms with Gasteiger partial charge in [-0.25, -0.2) is 0 Å². The lowest BCUT2D eigenvalue weighted by atomic mass is 9.86. The molecular formula is C22H21N3O3S. The highest BCUT2D eigenvalue weighted by atomic mass is 32.2. The number of fused-ring (bicyclic) bond motifs is 1. The van der Waals surface area contributed by atoms with Crippen molar-refractivity contribution >= 4 is 23.4 Å². The van der Waals surface area contributed by atoms with Crippen LogP contribution in [0.25, 0.3) is 0 Å². The number of ether oxygens (including phenoxy) is 2. The molecule has 1 amide bonds. The second-order valence-electron chi connectivity index (χ2n) is 6.81. The molecule has 0 aliphatic carbocycles. The van der Waals surface area contributed by atoms with Crippen molar-refractivity contribution in [3.63, 3.8) is 0 Å². The highest BCUT2D eigenvalue weighted by molar-refractivity contribution is 8.03. The van der Waals surface area contributed by atoms with Crippen molar-refractivity contribution in [2.75, 3.05) is 31.7 Å². The van der Waals surface area contributed by atoms with Gasteiger partial charge in [-0.3, -0.25) is 9.69 Å². The minimum absolute atomic E-state index is 0.00926. The van der Waals surface area contributed by atoms with Gasteiger partial charge in [0.15, 0.2) is 0 Å². The summed E-state index contributed by atoms with van der Waals surface area (Å²) in [4.78, 5) is 16.9.